The zero-order valence-corrected chi connectivity index (χ0v) is 9.45. The molecule has 0 aliphatic carbocycles. The molecule has 0 bridgehead atoms. The Hall–Kier alpha value is -0.220. The first kappa shape index (κ1) is 12.8. The lowest BCUT2D eigenvalue weighted by Gasteiger charge is -2.14. The molecule has 0 aromatic rings. The molecule has 0 saturated carbocycles. The second-order valence-corrected chi connectivity index (χ2v) is 3.80. The van der Waals surface area contributed by atoms with Crippen LogP contribution >= 0.6 is 11.8 Å². The number of hydrogen-bond donors (Lipinski definition) is 1. The van der Waals surface area contributed by atoms with Crippen LogP contribution in [0.15, 0.2) is 0 Å². The lowest BCUT2D eigenvalue weighted by molar-refractivity contribution is -0.143. The zero-order chi connectivity index (χ0) is 10.1. The van der Waals surface area contributed by atoms with Gasteiger partial charge in [-0.3, -0.25) is 4.79 Å². The molecule has 0 heterocycles. The van der Waals surface area contributed by atoms with Gasteiger partial charge >= 0.3 is 5.97 Å². The van der Waals surface area contributed by atoms with Crippen LogP contribution in [-0.4, -0.2) is 37.7 Å². The summed E-state index contributed by atoms with van der Waals surface area (Å²) in [6.07, 6.45) is 3.91. The summed E-state index contributed by atoms with van der Waals surface area (Å²) >= 11 is 1.74. The summed E-state index contributed by atoms with van der Waals surface area (Å²) in [4.78, 5) is 11.2. The van der Waals surface area contributed by atoms with Crippen molar-refractivity contribution in [3.05, 3.63) is 0 Å². The number of carbonyl (C=O) groups excluding carboxylic acids is 1. The molecule has 0 radical (unpaired) electrons. The van der Waals surface area contributed by atoms with E-state index in [0.29, 0.717) is 0 Å². The second kappa shape index (κ2) is 8.38. The number of carbonyl (C=O) groups is 1. The van der Waals surface area contributed by atoms with Gasteiger partial charge in [0.25, 0.3) is 0 Å². The van der Waals surface area contributed by atoms with Gasteiger partial charge in [0.15, 0.2) is 0 Å². The van der Waals surface area contributed by atoms with Crippen LogP contribution in [0.3, 0.4) is 0 Å². The van der Waals surface area contributed by atoms with Crippen molar-refractivity contribution < 1.29 is 9.53 Å². The molecule has 3 nitrogen and oxygen atoms in total. The Morgan fingerprint density at radius 3 is 2.77 bits per heavy atom. The Kier molecular flexibility index (Phi) is 8.24. The highest BCUT2D eigenvalue weighted by Crippen LogP contribution is 2.02. The maximum atomic E-state index is 11.2. The van der Waals surface area contributed by atoms with Gasteiger partial charge in [-0.1, -0.05) is 6.92 Å². The van der Waals surface area contributed by atoms with E-state index in [0.717, 1.165) is 25.1 Å². The largest absolute Gasteiger partial charge is 0.468 e. The van der Waals surface area contributed by atoms with Gasteiger partial charge in [-0.15, -0.1) is 0 Å². The maximum Gasteiger partial charge on any atom is 0.322 e. The molecule has 78 valence electrons. The minimum Gasteiger partial charge on any atom is -0.468 e. The number of ether oxygens (including phenoxy) is 1. The van der Waals surface area contributed by atoms with Crippen LogP contribution in [0.25, 0.3) is 0 Å². The Balaban J connectivity index is 3.79. The predicted octanol–water partition coefficient (Wildman–Crippen LogP) is 1.28. The quantitative estimate of drug-likeness (QED) is 0.635. The average molecular weight is 205 g/mol. The molecule has 0 amide bonds. The lowest BCUT2D eigenvalue weighted by Crippen LogP contribution is -2.38. The molecular formula is C9H19NO2S. The van der Waals surface area contributed by atoms with Crippen LogP contribution in [0, 0.1) is 0 Å². The van der Waals surface area contributed by atoms with Crippen LogP contribution in [0.2, 0.25) is 0 Å². The summed E-state index contributed by atoms with van der Waals surface area (Å²) in [6.45, 7) is 2.95. The number of esters is 1. The van der Waals surface area contributed by atoms with Crippen molar-refractivity contribution in [2.45, 2.75) is 25.8 Å². The van der Waals surface area contributed by atoms with Gasteiger partial charge in [0, 0.05) is 0 Å². The maximum absolute atomic E-state index is 11.2. The molecule has 0 aliphatic heterocycles. The number of thioether (sulfide) groups is 1. The van der Waals surface area contributed by atoms with Crippen molar-refractivity contribution in [3.8, 4) is 0 Å². The van der Waals surface area contributed by atoms with Crippen LogP contribution in [-0.2, 0) is 9.53 Å². The van der Waals surface area contributed by atoms with Gasteiger partial charge in [-0.05, 0) is 31.4 Å². The van der Waals surface area contributed by atoms with E-state index < -0.39 is 0 Å². The number of nitrogens with one attached hydrogen (secondary N) is 1. The highest BCUT2D eigenvalue weighted by atomic mass is 32.2. The molecular weight excluding hydrogens is 186 g/mol. The van der Waals surface area contributed by atoms with Crippen LogP contribution in [0.5, 0.6) is 0 Å². The molecule has 0 fully saturated rings. The fourth-order valence-electron chi connectivity index (χ4n) is 1.000. The third kappa shape index (κ3) is 5.93. The smallest absolute Gasteiger partial charge is 0.322 e. The molecule has 13 heavy (non-hydrogen) atoms. The molecule has 0 spiro atoms. The topological polar surface area (TPSA) is 38.3 Å². The van der Waals surface area contributed by atoms with Crippen molar-refractivity contribution in [2.24, 2.45) is 0 Å². The van der Waals surface area contributed by atoms with Gasteiger partial charge in [-0.25, -0.2) is 0 Å². The highest BCUT2D eigenvalue weighted by molar-refractivity contribution is 7.98. The average Bonchev–Trinajstić information content (AvgIpc) is 2.17. The molecule has 0 rings (SSSR count). The van der Waals surface area contributed by atoms with E-state index in [2.05, 4.69) is 12.2 Å². The Bertz CT molecular complexity index is 134. The van der Waals surface area contributed by atoms with E-state index in [-0.39, 0.29) is 12.0 Å². The Morgan fingerprint density at radius 1 is 1.62 bits per heavy atom. The summed E-state index contributed by atoms with van der Waals surface area (Å²) < 4.78 is 4.70. The van der Waals surface area contributed by atoms with E-state index in [1.807, 2.05) is 6.26 Å². The lowest BCUT2D eigenvalue weighted by atomic mass is 10.2. The first-order chi connectivity index (χ1) is 6.26. The zero-order valence-electron chi connectivity index (χ0n) is 8.63. The van der Waals surface area contributed by atoms with Crippen molar-refractivity contribution in [1.82, 2.24) is 5.32 Å². The van der Waals surface area contributed by atoms with Gasteiger partial charge in [0.05, 0.1) is 7.11 Å². The summed E-state index contributed by atoms with van der Waals surface area (Å²) in [6, 6.07) is -0.127. The molecule has 1 unspecified atom stereocenters. The number of rotatable bonds is 7. The van der Waals surface area contributed by atoms with Crippen molar-refractivity contribution >= 4 is 17.7 Å². The van der Waals surface area contributed by atoms with Crippen LogP contribution < -0.4 is 5.32 Å². The number of methoxy groups -OCH3 is 1. The van der Waals surface area contributed by atoms with E-state index in [1.54, 1.807) is 11.8 Å². The standard InChI is InChI=1S/C9H19NO2S/c1-4-6-10-8(5-7-13-3)9(11)12-2/h8,10H,4-7H2,1-3H3. The Labute approximate surface area is 84.6 Å². The van der Waals surface area contributed by atoms with Crippen molar-refractivity contribution in [1.29, 1.82) is 0 Å². The molecule has 4 heteroatoms. The van der Waals surface area contributed by atoms with E-state index in [9.17, 15) is 4.79 Å². The molecule has 0 saturated heterocycles. The first-order valence-corrected chi connectivity index (χ1v) is 5.95. The molecule has 0 aromatic carbocycles. The third-order valence-corrected chi connectivity index (χ3v) is 2.38. The van der Waals surface area contributed by atoms with Crippen LogP contribution in [0.1, 0.15) is 19.8 Å². The Morgan fingerprint density at radius 2 is 2.31 bits per heavy atom. The normalized spacial score (nSPS) is 12.5. The third-order valence-electron chi connectivity index (χ3n) is 1.74. The summed E-state index contributed by atoms with van der Waals surface area (Å²) in [7, 11) is 1.43. The SMILES string of the molecule is CCCNC(CCSC)C(=O)OC. The first-order valence-electron chi connectivity index (χ1n) is 4.56. The molecule has 1 N–H and O–H groups in total. The summed E-state index contributed by atoms with van der Waals surface area (Å²) in [5.41, 5.74) is 0. The van der Waals surface area contributed by atoms with Crippen molar-refractivity contribution in [3.63, 3.8) is 0 Å². The van der Waals surface area contributed by atoms with Crippen LogP contribution in [0.4, 0.5) is 0 Å². The molecule has 0 aromatic heterocycles. The fourth-order valence-corrected chi connectivity index (χ4v) is 1.47. The van der Waals surface area contributed by atoms with Crippen molar-refractivity contribution in [2.75, 3.05) is 25.7 Å². The predicted molar refractivity (Wildman–Crippen MR) is 57.1 cm³/mol. The van der Waals surface area contributed by atoms with E-state index in [4.69, 9.17) is 4.74 Å². The monoisotopic (exact) mass is 205 g/mol. The van der Waals surface area contributed by atoms with Gasteiger partial charge in [-0.2, -0.15) is 11.8 Å². The number of hydrogen-bond acceptors (Lipinski definition) is 4. The second-order valence-electron chi connectivity index (χ2n) is 2.81. The summed E-state index contributed by atoms with van der Waals surface area (Å²) in [5, 5.41) is 3.17. The van der Waals surface area contributed by atoms with Gasteiger partial charge < -0.3 is 10.1 Å². The van der Waals surface area contributed by atoms with E-state index >= 15 is 0 Å². The van der Waals surface area contributed by atoms with Gasteiger partial charge in [0.2, 0.25) is 0 Å². The molecule has 0 aliphatic rings. The van der Waals surface area contributed by atoms with Gasteiger partial charge in [0.1, 0.15) is 6.04 Å². The summed E-state index contributed by atoms with van der Waals surface area (Å²) in [5.74, 6) is 0.832. The van der Waals surface area contributed by atoms with E-state index in [1.165, 1.54) is 7.11 Å². The molecule has 1 atom stereocenters. The fraction of sp³-hybridized carbons (Fsp3) is 0.889. The highest BCUT2D eigenvalue weighted by Gasteiger charge is 2.16. The minimum atomic E-state index is -0.150. The minimum absolute atomic E-state index is 0.127.